The molecule has 1 atom stereocenters. The van der Waals surface area contributed by atoms with Crippen LogP contribution in [-0.2, 0) is 16.0 Å². The van der Waals surface area contributed by atoms with Crippen LogP contribution in [0.25, 0.3) is 0 Å². The lowest BCUT2D eigenvalue weighted by Gasteiger charge is -2.15. The van der Waals surface area contributed by atoms with Crippen LogP contribution in [-0.4, -0.2) is 22.8 Å². The van der Waals surface area contributed by atoms with Crippen LogP contribution >= 0.6 is 11.5 Å². The van der Waals surface area contributed by atoms with Gasteiger partial charge in [0.1, 0.15) is 10.9 Å². The van der Waals surface area contributed by atoms with E-state index in [1.807, 2.05) is 36.4 Å². The number of hydrogen-bond acceptors (Lipinski definition) is 5. The summed E-state index contributed by atoms with van der Waals surface area (Å²) in [5, 5.41) is 0. The smallest absolute Gasteiger partial charge is 0.330 e. The fourth-order valence-corrected chi connectivity index (χ4v) is 3.97. The van der Waals surface area contributed by atoms with Gasteiger partial charge < -0.3 is 4.74 Å². The molecular formula is C21H19NO4S. The Hall–Kier alpha value is -2.99. The Kier molecular flexibility index (Phi) is 5.66. The molecule has 2 aromatic carbocycles. The standard InChI is InChI=1S/C21H19NO4S/c1-14-19(18(23)16-11-7-4-8-12-16)27-22(20(14)24)17(21(25)26-2)13-15-9-5-3-6-10-15/h3-12,17H,13H2,1-2H3. The van der Waals surface area contributed by atoms with Crippen molar-refractivity contribution in [3.8, 4) is 0 Å². The number of nitrogens with zero attached hydrogens (tertiary/aromatic N) is 1. The van der Waals surface area contributed by atoms with E-state index in [-0.39, 0.29) is 11.3 Å². The normalized spacial score (nSPS) is 11.8. The molecule has 0 radical (unpaired) electrons. The zero-order chi connectivity index (χ0) is 19.4. The summed E-state index contributed by atoms with van der Waals surface area (Å²) in [6.07, 6.45) is 0.312. The number of esters is 1. The predicted molar refractivity (Wildman–Crippen MR) is 104 cm³/mol. The summed E-state index contributed by atoms with van der Waals surface area (Å²) in [7, 11) is 1.29. The van der Waals surface area contributed by atoms with Gasteiger partial charge in [0.25, 0.3) is 5.56 Å². The first-order chi connectivity index (χ1) is 13.0. The molecule has 0 spiro atoms. The molecule has 0 saturated carbocycles. The number of ether oxygens (including phenoxy) is 1. The van der Waals surface area contributed by atoms with Crippen LogP contribution in [0.1, 0.15) is 32.4 Å². The fourth-order valence-electron chi connectivity index (χ4n) is 2.84. The number of ketones is 1. The summed E-state index contributed by atoms with van der Waals surface area (Å²) < 4.78 is 6.26. The predicted octanol–water partition coefficient (Wildman–Crippen LogP) is 3.41. The van der Waals surface area contributed by atoms with Crippen molar-refractivity contribution in [3.05, 3.63) is 92.6 Å². The van der Waals surface area contributed by atoms with Crippen molar-refractivity contribution in [1.29, 1.82) is 0 Å². The Balaban J connectivity index is 2.02. The molecule has 1 unspecified atom stereocenters. The van der Waals surface area contributed by atoms with Gasteiger partial charge in [-0.2, -0.15) is 0 Å². The van der Waals surface area contributed by atoms with Gasteiger partial charge in [-0.3, -0.25) is 9.59 Å². The minimum absolute atomic E-state index is 0.225. The average Bonchev–Trinajstić information content (AvgIpc) is 3.01. The maximum Gasteiger partial charge on any atom is 0.330 e. The Bertz CT molecular complexity index is 1010. The monoisotopic (exact) mass is 381 g/mol. The van der Waals surface area contributed by atoms with Crippen LogP contribution < -0.4 is 5.56 Å². The molecule has 6 heteroatoms. The molecule has 27 heavy (non-hydrogen) atoms. The van der Waals surface area contributed by atoms with E-state index in [0.29, 0.717) is 22.4 Å². The zero-order valence-corrected chi connectivity index (χ0v) is 15.9. The highest BCUT2D eigenvalue weighted by molar-refractivity contribution is 7.09. The minimum Gasteiger partial charge on any atom is -0.467 e. The van der Waals surface area contributed by atoms with Crippen molar-refractivity contribution in [2.45, 2.75) is 19.4 Å². The summed E-state index contributed by atoms with van der Waals surface area (Å²) in [5.74, 6) is -0.738. The second-order valence-electron chi connectivity index (χ2n) is 6.10. The van der Waals surface area contributed by atoms with E-state index in [1.165, 1.54) is 11.1 Å². The third kappa shape index (κ3) is 3.90. The van der Waals surface area contributed by atoms with Crippen LogP contribution in [0.3, 0.4) is 0 Å². The van der Waals surface area contributed by atoms with Gasteiger partial charge in [0.2, 0.25) is 5.78 Å². The van der Waals surface area contributed by atoms with Gasteiger partial charge in [-0.25, -0.2) is 8.75 Å². The maximum absolute atomic E-state index is 12.8. The molecule has 3 aromatic rings. The van der Waals surface area contributed by atoms with E-state index < -0.39 is 12.0 Å². The summed E-state index contributed by atoms with van der Waals surface area (Å²) >= 11 is 1.01. The molecule has 0 N–H and O–H groups in total. The molecule has 0 aliphatic rings. The quantitative estimate of drug-likeness (QED) is 0.485. The zero-order valence-electron chi connectivity index (χ0n) is 15.0. The fraction of sp³-hybridized carbons (Fsp3) is 0.190. The van der Waals surface area contributed by atoms with Gasteiger partial charge in [-0.05, 0) is 12.5 Å². The minimum atomic E-state index is -0.814. The lowest BCUT2D eigenvalue weighted by molar-refractivity contribution is -0.144. The number of benzene rings is 2. The van der Waals surface area contributed by atoms with Gasteiger partial charge in [-0.1, -0.05) is 72.2 Å². The first-order valence-electron chi connectivity index (χ1n) is 8.47. The van der Waals surface area contributed by atoms with Gasteiger partial charge in [0.15, 0.2) is 0 Å². The number of carbonyl (C=O) groups is 2. The highest BCUT2D eigenvalue weighted by Crippen LogP contribution is 2.23. The van der Waals surface area contributed by atoms with E-state index in [1.54, 1.807) is 31.2 Å². The molecule has 1 heterocycles. The Morgan fingerprint density at radius 3 is 2.22 bits per heavy atom. The molecule has 0 aliphatic heterocycles. The van der Waals surface area contributed by atoms with Gasteiger partial charge in [0.05, 0.1) is 7.11 Å². The molecule has 0 aliphatic carbocycles. The van der Waals surface area contributed by atoms with Crippen LogP contribution in [0.2, 0.25) is 0 Å². The summed E-state index contributed by atoms with van der Waals surface area (Å²) in [5.41, 5.74) is 1.41. The van der Waals surface area contributed by atoms with E-state index in [4.69, 9.17) is 4.74 Å². The Morgan fingerprint density at radius 1 is 1.04 bits per heavy atom. The van der Waals surface area contributed by atoms with Crippen LogP contribution in [0.15, 0.2) is 65.5 Å². The van der Waals surface area contributed by atoms with Crippen molar-refractivity contribution in [3.63, 3.8) is 0 Å². The first-order valence-corrected chi connectivity index (χ1v) is 9.24. The molecule has 0 saturated heterocycles. The highest BCUT2D eigenvalue weighted by atomic mass is 32.1. The Labute approximate surface area is 161 Å². The molecule has 1 aromatic heterocycles. The summed E-state index contributed by atoms with van der Waals surface area (Å²) in [6.45, 7) is 1.61. The van der Waals surface area contributed by atoms with Crippen LogP contribution in [0, 0.1) is 6.92 Å². The summed E-state index contributed by atoms with van der Waals surface area (Å²) in [6, 6.07) is 17.4. The molecule has 0 fully saturated rings. The Morgan fingerprint density at radius 2 is 1.63 bits per heavy atom. The van der Waals surface area contributed by atoms with Crippen LogP contribution in [0.5, 0.6) is 0 Å². The van der Waals surface area contributed by atoms with Gasteiger partial charge >= 0.3 is 5.97 Å². The van der Waals surface area contributed by atoms with E-state index in [0.717, 1.165) is 17.1 Å². The van der Waals surface area contributed by atoms with Crippen molar-refractivity contribution in [1.82, 2.24) is 3.96 Å². The van der Waals surface area contributed by atoms with E-state index >= 15 is 0 Å². The third-order valence-corrected chi connectivity index (χ3v) is 5.61. The number of methoxy groups -OCH3 is 1. The topological polar surface area (TPSA) is 65.4 Å². The lowest BCUT2D eigenvalue weighted by Crippen LogP contribution is -2.29. The summed E-state index contributed by atoms with van der Waals surface area (Å²) in [4.78, 5) is 38.3. The average molecular weight is 381 g/mol. The third-order valence-electron chi connectivity index (χ3n) is 4.32. The molecule has 3 rings (SSSR count). The SMILES string of the molecule is COC(=O)C(Cc1ccccc1)n1sc(C(=O)c2ccccc2)c(C)c1=O. The molecule has 0 amide bonds. The second-order valence-corrected chi connectivity index (χ2v) is 7.08. The number of rotatable bonds is 6. The maximum atomic E-state index is 12.8. The van der Waals surface area contributed by atoms with Crippen molar-refractivity contribution in [2.75, 3.05) is 7.11 Å². The van der Waals surface area contributed by atoms with Gasteiger partial charge in [-0.15, -0.1) is 0 Å². The van der Waals surface area contributed by atoms with E-state index in [9.17, 15) is 14.4 Å². The highest BCUT2D eigenvalue weighted by Gasteiger charge is 2.28. The molecular weight excluding hydrogens is 362 g/mol. The first kappa shape index (κ1) is 18.8. The number of carbonyl (C=O) groups excluding carboxylic acids is 2. The number of aromatic nitrogens is 1. The molecule has 0 bridgehead atoms. The second kappa shape index (κ2) is 8.14. The van der Waals surface area contributed by atoms with Crippen molar-refractivity contribution >= 4 is 23.3 Å². The lowest BCUT2D eigenvalue weighted by atomic mass is 10.1. The van der Waals surface area contributed by atoms with Crippen LogP contribution in [0.4, 0.5) is 0 Å². The number of hydrogen-bond donors (Lipinski definition) is 0. The van der Waals surface area contributed by atoms with Gasteiger partial charge in [0, 0.05) is 17.5 Å². The molecule has 138 valence electrons. The molecule has 5 nitrogen and oxygen atoms in total. The van der Waals surface area contributed by atoms with E-state index in [2.05, 4.69) is 0 Å². The largest absolute Gasteiger partial charge is 0.467 e. The van der Waals surface area contributed by atoms with Crippen molar-refractivity contribution < 1.29 is 14.3 Å². The van der Waals surface area contributed by atoms with Crippen molar-refractivity contribution in [2.24, 2.45) is 0 Å².